The molecule has 1 heterocycles. The number of nitrogens with two attached hydrogens (primary N) is 1. The quantitative estimate of drug-likeness (QED) is 0.930. The number of ether oxygens (including phenoxy) is 1. The van der Waals surface area contributed by atoms with Crippen molar-refractivity contribution in [2.45, 2.75) is 46.3 Å². The van der Waals surface area contributed by atoms with E-state index in [1.807, 2.05) is 12.1 Å². The van der Waals surface area contributed by atoms with Crippen molar-refractivity contribution in [1.29, 1.82) is 0 Å². The zero-order valence-corrected chi connectivity index (χ0v) is 13.3. The molecule has 1 aromatic heterocycles. The molecule has 0 saturated heterocycles. The summed E-state index contributed by atoms with van der Waals surface area (Å²) in [6, 6.07) is 10.3. The molecule has 3 nitrogen and oxygen atoms in total. The first-order valence-corrected chi connectivity index (χ1v) is 7.28. The van der Waals surface area contributed by atoms with Crippen LogP contribution in [0.1, 0.15) is 43.2 Å². The van der Waals surface area contributed by atoms with Crippen LogP contribution < -0.4 is 10.5 Å². The predicted molar refractivity (Wildman–Crippen MR) is 86.3 cm³/mol. The van der Waals surface area contributed by atoms with Crippen molar-refractivity contribution in [2.24, 2.45) is 5.73 Å². The molecule has 1 aromatic carbocycles. The van der Waals surface area contributed by atoms with Gasteiger partial charge in [0.15, 0.2) is 0 Å². The lowest BCUT2D eigenvalue weighted by Crippen LogP contribution is -2.14. The Morgan fingerprint density at radius 2 is 1.95 bits per heavy atom. The number of nitrogens with zero attached hydrogens (tertiary/aromatic N) is 1. The average Bonchev–Trinajstić information content (AvgIpc) is 2.45. The average molecular weight is 284 g/mol. The SMILES string of the molecule is Cc1ccc(OCc2cccnc2CN)c(C(C)(C)C)c1. The smallest absolute Gasteiger partial charge is 0.123 e. The van der Waals surface area contributed by atoms with Crippen molar-refractivity contribution in [3.05, 3.63) is 58.9 Å². The fourth-order valence-corrected chi connectivity index (χ4v) is 2.30. The molecule has 0 radical (unpaired) electrons. The van der Waals surface area contributed by atoms with Gasteiger partial charge in [0.05, 0.1) is 5.69 Å². The molecular weight excluding hydrogens is 260 g/mol. The summed E-state index contributed by atoms with van der Waals surface area (Å²) in [5.41, 5.74) is 10.2. The maximum atomic E-state index is 6.05. The first kappa shape index (κ1) is 15.5. The van der Waals surface area contributed by atoms with Gasteiger partial charge in [0.1, 0.15) is 12.4 Å². The Bertz CT molecular complexity index is 615. The fourth-order valence-electron chi connectivity index (χ4n) is 2.30. The van der Waals surface area contributed by atoms with Crippen LogP contribution in [-0.4, -0.2) is 4.98 Å². The summed E-state index contributed by atoms with van der Waals surface area (Å²) in [6.45, 7) is 9.62. The normalized spacial score (nSPS) is 11.5. The van der Waals surface area contributed by atoms with E-state index >= 15 is 0 Å². The van der Waals surface area contributed by atoms with E-state index in [0.717, 1.165) is 17.0 Å². The standard InChI is InChI=1S/C18H24N2O/c1-13-7-8-17(15(10-13)18(2,3)4)21-12-14-6-5-9-20-16(14)11-19/h5-10H,11-12,19H2,1-4H3. The van der Waals surface area contributed by atoms with Crippen LogP contribution in [0.25, 0.3) is 0 Å². The summed E-state index contributed by atoms with van der Waals surface area (Å²) in [5, 5.41) is 0. The number of rotatable bonds is 4. The topological polar surface area (TPSA) is 48.1 Å². The van der Waals surface area contributed by atoms with Crippen molar-refractivity contribution in [3.63, 3.8) is 0 Å². The molecule has 112 valence electrons. The third-order valence-corrected chi connectivity index (χ3v) is 3.50. The second-order valence-electron chi connectivity index (χ2n) is 6.35. The molecule has 0 amide bonds. The molecule has 2 N–H and O–H groups in total. The molecule has 2 aromatic rings. The van der Waals surface area contributed by atoms with Crippen LogP contribution in [-0.2, 0) is 18.6 Å². The number of hydrogen-bond donors (Lipinski definition) is 1. The van der Waals surface area contributed by atoms with Crippen molar-refractivity contribution in [2.75, 3.05) is 0 Å². The molecule has 0 unspecified atom stereocenters. The molecule has 0 bridgehead atoms. The van der Waals surface area contributed by atoms with Gasteiger partial charge in [0.25, 0.3) is 0 Å². The highest BCUT2D eigenvalue weighted by atomic mass is 16.5. The third kappa shape index (κ3) is 3.82. The van der Waals surface area contributed by atoms with Crippen LogP contribution in [0.2, 0.25) is 0 Å². The van der Waals surface area contributed by atoms with Crippen molar-refractivity contribution < 1.29 is 4.74 Å². The molecule has 0 aliphatic carbocycles. The highest BCUT2D eigenvalue weighted by Gasteiger charge is 2.19. The first-order chi connectivity index (χ1) is 9.91. The van der Waals surface area contributed by atoms with Crippen molar-refractivity contribution in [1.82, 2.24) is 4.98 Å². The van der Waals surface area contributed by atoms with Gasteiger partial charge in [-0.3, -0.25) is 4.98 Å². The summed E-state index contributed by atoms with van der Waals surface area (Å²) in [6.07, 6.45) is 1.76. The highest BCUT2D eigenvalue weighted by molar-refractivity contribution is 5.41. The number of hydrogen-bond acceptors (Lipinski definition) is 3. The van der Waals surface area contributed by atoms with Crippen LogP contribution in [0.4, 0.5) is 0 Å². The lowest BCUT2D eigenvalue weighted by molar-refractivity contribution is 0.295. The van der Waals surface area contributed by atoms with Crippen molar-refractivity contribution >= 4 is 0 Å². The lowest BCUT2D eigenvalue weighted by Gasteiger charge is -2.23. The molecule has 3 heteroatoms. The maximum absolute atomic E-state index is 6.05. The van der Waals surface area contributed by atoms with Gasteiger partial charge in [0.2, 0.25) is 0 Å². The van der Waals surface area contributed by atoms with Crippen LogP contribution >= 0.6 is 0 Å². The van der Waals surface area contributed by atoms with E-state index in [-0.39, 0.29) is 5.41 Å². The monoisotopic (exact) mass is 284 g/mol. The van der Waals surface area contributed by atoms with Gasteiger partial charge in [-0.2, -0.15) is 0 Å². The van der Waals surface area contributed by atoms with Crippen LogP contribution in [0.3, 0.4) is 0 Å². The van der Waals surface area contributed by atoms with E-state index in [1.54, 1.807) is 6.20 Å². The number of benzene rings is 1. The molecule has 2 rings (SSSR count). The van der Waals surface area contributed by atoms with E-state index in [1.165, 1.54) is 11.1 Å². The zero-order valence-electron chi connectivity index (χ0n) is 13.3. The minimum Gasteiger partial charge on any atom is -0.489 e. The Balaban J connectivity index is 2.24. The summed E-state index contributed by atoms with van der Waals surface area (Å²) in [5.74, 6) is 0.930. The molecule has 0 aliphatic rings. The summed E-state index contributed by atoms with van der Waals surface area (Å²) < 4.78 is 6.05. The molecule has 0 atom stereocenters. The third-order valence-electron chi connectivity index (χ3n) is 3.50. The molecule has 0 saturated carbocycles. The molecule has 21 heavy (non-hydrogen) atoms. The van der Waals surface area contributed by atoms with Crippen LogP contribution in [0, 0.1) is 6.92 Å². The van der Waals surface area contributed by atoms with Gasteiger partial charge in [-0.1, -0.05) is 44.5 Å². The number of aryl methyl sites for hydroxylation is 1. The second-order valence-corrected chi connectivity index (χ2v) is 6.35. The van der Waals surface area contributed by atoms with Gasteiger partial charge in [-0.15, -0.1) is 0 Å². The highest BCUT2D eigenvalue weighted by Crippen LogP contribution is 2.32. The molecular formula is C18H24N2O. The molecule has 0 spiro atoms. The summed E-state index contributed by atoms with van der Waals surface area (Å²) in [4.78, 5) is 4.29. The Morgan fingerprint density at radius 1 is 1.19 bits per heavy atom. The van der Waals surface area contributed by atoms with E-state index in [2.05, 4.69) is 50.9 Å². The van der Waals surface area contributed by atoms with Crippen molar-refractivity contribution in [3.8, 4) is 5.75 Å². The van der Waals surface area contributed by atoms with Gasteiger partial charge < -0.3 is 10.5 Å². The predicted octanol–water partition coefficient (Wildman–Crippen LogP) is 3.73. The van der Waals surface area contributed by atoms with Crippen LogP contribution in [0.15, 0.2) is 36.5 Å². The molecule has 0 fully saturated rings. The minimum atomic E-state index is 0.0486. The summed E-state index contributed by atoms with van der Waals surface area (Å²) in [7, 11) is 0. The van der Waals surface area contributed by atoms with E-state index in [0.29, 0.717) is 13.2 Å². The Morgan fingerprint density at radius 3 is 2.62 bits per heavy atom. The Kier molecular flexibility index (Phi) is 4.63. The number of aromatic nitrogens is 1. The Hall–Kier alpha value is -1.87. The number of pyridine rings is 1. The van der Waals surface area contributed by atoms with Gasteiger partial charge in [-0.25, -0.2) is 0 Å². The molecule has 0 aliphatic heterocycles. The van der Waals surface area contributed by atoms with E-state index < -0.39 is 0 Å². The van der Waals surface area contributed by atoms with Crippen LogP contribution in [0.5, 0.6) is 5.75 Å². The Labute approximate surface area is 127 Å². The first-order valence-electron chi connectivity index (χ1n) is 7.28. The van der Waals surface area contributed by atoms with Gasteiger partial charge in [-0.05, 0) is 30.0 Å². The summed E-state index contributed by atoms with van der Waals surface area (Å²) >= 11 is 0. The maximum Gasteiger partial charge on any atom is 0.123 e. The van der Waals surface area contributed by atoms with Gasteiger partial charge >= 0.3 is 0 Å². The van der Waals surface area contributed by atoms with E-state index in [9.17, 15) is 0 Å². The lowest BCUT2D eigenvalue weighted by atomic mass is 9.85. The largest absolute Gasteiger partial charge is 0.489 e. The fraction of sp³-hybridized carbons (Fsp3) is 0.389. The van der Waals surface area contributed by atoms with Gasteiger partial charge in [0, 0.05) is 18.3 Å². The zero-order chi connectivity index (χ0) is 15.5. The van der Waals surface area contributed by atoms with E-state index in [4.69, 9.17) is 10.5 Å². The minimum absolute atomic E-state index is 0.0486. The second kappa shape index (κ2) is 6.27.